The molecular weight excluding hydrogens is 274 g/mol. The predicted octanol–water partition coefficient (Wildman–Crippen LogP) is 2.51. The molecule has 1 atom stereocenters. The molecule has 1 saturated carbocycles. The molecule has 0 aliphatic heterocycles. The molecule has 6 heteroatoms. The Kier molecular flexibility index (Phi) is 5.25. The first-order valence-corrected chi connectivity index (χ1v) is 7.31. The number of amides is 1. The number of aliphatic carboxylic acids is 1. The number of nitrogens with zero attached hydrogens (tertiary/aromatic N) is 1. The Morgan fingerprint density at radius 2 is 1.81 bits per heavy atom. The summed E-state index contributed by atoms with van der Waals surface area (Å²) < 4.78 is 10.6. The number of rotatable bonds is 6. The molecule has 1 amide bonds. The first-order chi connectivity index (χ1) is 9.56. The topological polar surface area (TPSA) is 76.1 Å². The van der Waals surface area contributed by atoms with Crippen molar-refractivity contribution in [1.82, 2.24) is 4.90 Å². The molecule has 1 aliphatic carbocycles. The highest BCUT2D eigenvalue weighted by atomic mass is 16.6. The summed E-state index contributed by atoms with van der Waals surface area (Å²) in [7, 11) is 1.44. The Hall–Kier alpha value is -1.30. The minimum absolute atomic E-state index is 0.0598. The maximum absolute atomic E-state index is 12.6. The maximum atomic E-state index is 12.6. The molecule has 1 fully saturated rings. The summed E-state index contributed by atoms with van der Waals surface area (Å²) in [5, 5.41) is 9.79. The third-order valence-electron chi connectivity index (χ3n) is 3.62. The smallest absolute Gasteiger partial charge is 0.411 e. The molecule has 122 valence electrons. The van der Waals surface area contributed by atoms with Crippen molar-refractivity contribution >= 4 is 12.1 Å². The van der Waals surface area contributed by atoms with Gasteiger partial charge in [-0.05, 0) is 39.5 Å². The van der Waals surface area contributed by atoms with Crippen LogP contribution in [0.15, 0.2) is 0 Å². The molecule has 0 saturated heterocycles. The van der Waals surface area contributed by atoms with Gasteiger partial charge >= 0.3 is 12.1 Å². The van der Waals surface area contributed by atoms with Crippen LogP contribution in [0.5, 0.6) is 0 Å². The van der Waals surface area contributed by atoms with Gasteiger partial charge in [-0.2, -0.15) is 0 Å². The lowest BCUT2D eigenvalue weighted by Gasteiger charge is -2.43. The van der Waals surface area contributed by atoms with E-state index in [9.17, 15) is 14.7 Å². The monoisotopic (exact) mass is 301 g/mol. The Balaban J connectivity index is 3.20. The zero-order chi connectivity index (χ0) is 16.4. The number of carboxylic acid groups (broad SMARTS) is 1. The Morgan fingerprint density at radius 1 is 1.29 bits per heavy atom. The van der Waals surface area contributed by atoms with Crippen molar-refractivity contribution in [2.75, 3.05) is 13.7 Å². The largest absolute Gasteiger partial charge is 0.479 e. The molecule has 1 rings (SSSR count). The van der Waals surface area contributed by atoms with E-state index in [1.807, 2.05) is 0 Å². The summed E-state index contributed by atoms with van der Waals surface area (Å²) in [5.41, 5.74) is -2.07. The van der Waals surface area contributed by atoms with Gasteiger partial charge in [-0.3, -0.25) is 4.90 Å². The lowest BCUT2D eigenvalue weighted by Crippen LogP contribution is -2.64. The number of hydrogen-bond donors (Lipinski definition) is 1. The fourth-order valence-corrected chi connectivity index (χ4v) is 2.43. The average molecular weight is 301 g/mol. The molecule has 0 aromatic rings. The second kappa shape index (κ2) is 6.22. The van der Waals surface area contributed by atoms with Crippen LogP contribution in [0.1, 0.15) is 47.5 Å². The fourth-order valence-electron chi connectivity index (χ4n) is 2.43. The van der Waals surface area contributed by atoms with Crippen LogP contribution in [0.2, 0.25) is 0 Å². The van der Waals surface area contributed by atoms with Crippen LogP contribution in [0.3, 0.4) is 0 Å². The van der Waals surface area contributed by atoms with Gasteiger partial charge in [0.2, 0.25) is 0 Å². The van der Waals surface area contributed by atoms with Gasteiger partial charge in [-0.15, -0.1) is 0 Å². The molecule has 6 nitrogen and oxygen atoms in total. The molecule has 1 aliphatic rings. The third kappa shape index (κ3) is 3.87. The van der Waals surface area contributed by atoms with E-state index in [4.69, 9.17) is 9.47 Å². The van der Waals surface area contributed by atoms with Gasteiger partial charge in [-0.1, -0.05) is 13.8 Å². The second-order valence-corrected chi connectivity index (χ2v) is 6.90. The van der Waals surface area contributed by atoms with E-state index >= 15 is 0 Å². The molecule has 0 bridgehead atoms. The van der Waals surface area contributed by atoms with Crippen LogP contribution in [0.4, 0.5) is 4.79 Å². The van der Waals surface area contributed by atoms with E-state index < -0.39 is 23.2 Å². The summed E-state index contributed by atoms with van der Waals surface area (Å²) in [6.45, 7) is 8.81. The Labute approximate surface area is 126 Å². The number of ether oxygens (including phenoxy) is 2. The van der Waals surface area contributed by atoms with Crippen LogP contribution in [0, 0.1) is 5.92 Å². The number of hydrogen-bond acceptors (Lipinski definition) is 4. The van der Waals surface area contributed by atoms with E-state index in [2.05, 4.69) is 0 Å². The minimum Gasteiger partial charge on any atom is -0.479 e. The molecular formula is C15H27NO5. The maximum Gasteiger partial charge on any atom is 0.411 e. The first kappa shape index (κ1) is 17.8. The van der Waals surface area contributed by atoms with Crippen LogP contribution in [-0.4, -0.2) is 53.0 Å². The number of carboxylic acids is 1. The molecule has 0 spiro atoms. The minimum atomic E-state index is -1.40. The van der Waals surface area contributed by atoms with Gasteiger partial charge in [0.15, 0.2) is 5.54 Å². The summed E-state index contributed by atoms with van der Waals surface area (Å²) in [4.78, 5) is 25.9. The van der Waals surface area contributed by atoms with Gasteiger partial charge in [0.05, 0.1) is 6.61 Å². The lowest BCUT2D eigenvalue weighted by molar-refractivity contribution is -0.160. The normalized spacial score (nSPS) is 18.2. The van der Waals surface area contributed by atoms with Crippen LogP contribution in [-0.2, 0) is 14.3 Å². The SMILES string of the molecule is COCC(C(=O)O)(C(C)C)N(C(=O)OC(C)(C)C)C1CC1. The van der Waals surface area contributed by atoms with Crippen molar-refractivity contribution in [2.24, 2.45) is 5.92 Å². The zero-order valence-electron chi connectivity index (χ0n) is 13.8. The number of methoxy groups -OCH3 is 1. The van der Waals surface area contributed by atoms with Gasteiger partial charge in [0.1, 0.15) is 5.60 Å². The first-order valence-electron chi connectivity index (χ1n) is 7.31. The van der Waals surface area contributed by atoms with Gasteiger partial charge in [0.25, 0.3) is 0 Å². The Bertz CT molecular complexity index is 397. The van der Waals surface area contributed by atoms with Crippen LogP contribution < -0.4 is 0 Å². The third-order valence-corrected chi connectivity index (χ3v) is 3.62. The van der Waals surface area contributed by atoms with Crippen molar-refractivity contribution < 1.29 is 24.2 Å². The fraction of sp³-hybridized carbons (Fsp3) is 0.867. The van der Waals surface area contributed by atoms with E-state index in [0.717, 1.165) is 12.8 Å². The van der Waals surface area contributed by atoms with Gasteiger partial charge in [-0.25, -0.2) is 9.59 Å². The molecule has 1 unspecified atom stereocenters. The summed E-state index contributed by atoms with van der Waals surface area (Å²) in [6.07, 6.45) is 1.01. The average Bonchev–Trinajstić information content (AvgIpc) is 3.09. The zero-order valence-corrected chi connectivity index (χ0v) is 13.8. The molecule has 0 radical (unpaired) electrons. The van der Waals surface area contributed by atoms with E-state index in [1.54, 1.807) is 34.6 Å². The predicted molar refractivity (Wildman–Crippen MR) is 78.2 cm³/mol. The highest BCUT2D eigenvalue weighted by Crippen LogP contribution is 2.38. The highest BCUT2D eigenvalue weighted by Gasteiger charge is 2.55. The van der Waals surface area contributed by atoms with Crippen molar-refractivity contribution in [1.29, 1.82) is 0 Å². The molecule has 0 heterocycles. The standard InChI is InChI=1S/C15H27NO5/c1-10(2)15(9-20-6,12(17)18)16(11-7-8-11)13(19)21-14(3,4)5/h10-11H,7-9H2,1-6H3,(H,17,18). The quantitative estimate of drug-likeness (QED) is 0.815. The van der Waals surface area contributed by atoms with Crippen molar-refractivity contribution in [3.63, 3.8) is 0 Å². The molecule has 0 aromatic heterocycles. The van der Waals surface area contributed by atoms with Crippen molar-refractivity contribution in [2.45, 2.75) is 64.6 Å². The Morgan fingerprint density at radius 3 is 2.10 bits per heavy atom. The summed E-state index contributed by atoms with van der Waals surface area (Å²) in [6, 6.07) is -0.0894. The van der Waals surface area contributed by atoms with Gasteiger partial charge < -0.3 is 14.6 Å². The number of carbonyl (C=O) groups excluding carboxylic acids is 1. The lowest BCUT2D eigenvalue weighted by atomic mass is 9.85. The van der Waals surface area contributed by atoms with Crippen LogP contribution >= 0.6 is 0 Å². The highest BCUT2D eigenvalue weighted by molar-refractivity contribution is 5.85. The van der Waals surface area contributed by atoms with Crippen LogP contribution in [0.25, 0.3) is 0 Å². The van der Waals surface area contributed by atoms with E-state index in [1.165, 1.54) is 12.0 Å². The van der Waals surface area contributed by atoms with E-state index in [0.29, 0.717) is 0 Å². The molecule has 1 N–H and O–H groups in total. The second-order valence-electron chi connectivity index (χ2n) is 6.90. The number of carbonyl (C=O) groups is 2. The molecule has 21 heavy (non-hydrogen) atoms. The van der Waals surface area contributed by atoms with Gasteiger partial charge in [0, 0.05) is 13.2 Å². The summed E-state index contributed by atoms with van der Waals surface area (Å²) in [5.74, 6) is -1.36. The molecule has 0 aromatic carbocycles. The summed E-state index contributed by atoms with van der Waals surface area (Å²) >= 11 is 0. The van der Waals surface area contributed by atoms with E-state index in [-0.39, 0.29) is 18.6 Å². The van der Waals surface area contributed by atoms with Crippen molar-refractivity contribution in [3.8, 4) is 0 Å². The van der Waals surface area contributed by atoms with Crippen molar-refractivity contribution in [3.05, 3.63) is 0 Å².